The minimum absolute atomic E-state index is 0.134. The average Bonchev–Trinajstić information content (AvgIpc) is 3.00. The molecule has 4 bridgehead atoms. The minimum Gasteiger partial charge on any atom is -0.354 e. The van der Waals surface area contributed by atoms with Gasteiger partial charge in [0.15, 0.2) is 0 Å². The van der Waals surface area contributed by atoms with Gasteiger partial charge in [-0.1, -0.05) is 12.1 Å². The summed E-state index contributed by atoms with van der Waals surface area (Å²) in [7, 11) is 0. The molecule has 4 saturated carbocycles. The summed E-state index contributed by atoms with van der Waals surface area (Å²) in [5, 5.41) is 5.79. The molecule has 1 heterocycles. The Morgan fingerprint density at radius 2 is 1.42 bits per heavy atom. The van der Waals surface area contributed by atoms with Gasteiger partial charge in [0.05, 0.1) is 11.1 Å². The Hall–Kier alpha value is -2.70. The standard InChI is InChI=1S/C24H29N3O4/c1-14(27-21(29)18-4-2-3-5-19(18)22(27)30)20(28)25-6-7-26-23(31)24-11-15-8-16(12-24)10-17(9-15)13-24/h2-5,14-17H,6-13H2,1H3,(H,25,28)(H,26,31). The molecule has 1 atom stereocenters. The number of hydrogen-bond donors (Lipinski definition) is 2. The van der Waals surface area contributed by atoms with E-state index < -0.39 is 23.8 Å². The molecule has 164 valence electrons. The highest BCUT2D eigenvalue weighted by atomic mass is 16.2. The Kier molecular flexibility index (Phi) is 4.87. The molecule has 31 heavy (non-hydrogen) atoms. The molecule has 7 heteroatoms. The van der Waals surface area contributed by atoms with Gasteiger partial charge in [-0.2, -0.15) is 0 Å². The molecular formula is C24H29N3O4. The van der Waals surface area contributed by atoms with Crippen molar-refractivity contribution in [3.8, 4) is 0 Å². The van der Waals surface area contributed by atoms with Crippen LogP contribution in [0.1, 0.15) is 66.2 Å². The van der Waals surface area contributed by atoms with Crippen LogP contribution in [0.25, 0.3) is 0 Å². The smallest absolute Gasteiger partial charge is 0.262 e. The zero-order valence-corrected chi connectivity index (χ0v) is 17.9. The molecule has 4 fully saturated rings. The van der Waals surface area contributed by atoms with Crippen molar-refractivity contribution >= 4 is 23.6 Å². The van der Waals surface area contributed by atoms with Crippen LogP contribution in [-0.4, -0.2) is 47.7 Å². The second-order valence-corrected chi connectivity index (χ2v) is 9.95. The molecule has 1 aromatic rings. The van der Waals surface area contributed by atoms with E-state index in [9.17, 15) is 19.2 Å². The summed E-state index contributed by atoms with van der Waals surface area (Å²) in [6.45, 7) is 2.16. The van der Waals surface area contributed by atoms with Gasteiger partial charge in [0.25, 0.3) is 11.8 Å². The lowest BCUT2D eigenvalue weighted by Crippen LogP contribution is -2.54. The molecule has 1 aromatic carbocycles. The molecule has 0 saturated heterocycles. The first-order chi connectivity index (χ1) is 14.9. The maximum Gasteiger partial charge on any atom is 0.262 e. The van der Waals surface area contributed by atoms with Gasteiger partial charge < -0.3 is 10.6 Å². The summed E-state index contributed by atoms with van der Waals surface area (Å²) >= 11 is 0. The Balaban J connectivity index is 1.12. The molecule has 4 aliphatic carbocycles. The number of benzene rings is 1. The van der Waals surface area contributed by atoms with Gasteiger partial charge in [-0.25, -0.2) is 0 Å². The average molecular weight is 424 g/mol. The van der Waals surface area contributed by atoms with Crippen molar-refractivity contribution in [2.45, 2.75) is 51.5 Å². The van der Waals surface area contributed by atoms with Crippen molar-refractivity contribution in [3.63, 3.8) is 0 Å². The van der Waals surface area contributed by atoms with Crippen LogP contribution in [0.5, 0.6) is 0 Å². The number of imide groups is 1. The SMILES string of the molecule is CC(C(=O)NCCNC(=O)C12CC3CC(CC(C3)C1)C2)N1C(=O)c2ccccc2C1=O. The number of nitrogens with zero attached hydrogens (tertiary/aromatic N) is 1. The summed E-state index contributed by atoms with van der Waals surface area (Å²) in [6.07, 6.45) is 6.89. The first-order valence-corrected chi connectivity index (χ1v) is 11.4. The molecule has 0 spiro atoms. The summed E-state index contributed by atoms with van der Waals surface area (Å²) < 4.78 is 0. The van der Waals surface area contributed by atoms with E-state index in [0.717, 1.165) is 24.2 Å². The highest BCUT2D eigenvalue weighted by molar-refractivity contribution is 6.22. The van der Waals surface area contributed by atoms with E-state index in [0.29, 0.717) is 35.4 Å². The van der Waals surface area contributed by atoms with Crippen LogP contribution in [0, 0.1) is 23.2 Å². The summed E-state index contributed by atoms with van der Waals surface area (Å²) in [5.41, 5.74) is 0.455. The second kappa shape index (κ2) is 7.46. The van der Waals surface area contributed by atoms with Crippen LogP contribution in [0.4, 0.5) is 0 Å². The lowest BCUT2D eigenvalue weighted by molar-refractivity contribution is -0.146. The van der Waals surface area contributed by atoms with Crippen LogP contribution >= 0.6 is 0 Å². The minimum atomic E-state index is -0.911. The second-order valence-electron chi connectivity index (χ2n) is 9.95. The predicted molar refractivity (Wildman–Crippen MR) is 113 cm³/mol. The van der Waals surface area contributed by atoms with Crippen LogP contribution < -0.4 is 10.6 Å². The van der Waals surface area contributed by atoms with E-state index >= 15 is 0 Å². The maximum atomic E-state index is 13.0. The largest absolute Gasteiger partial charge is 0.354 e. The highest BCUT2D eigenvalue weighted by Crippen LogP contribution is 2.60. The van der Waals surface area contributed by atoms with Crippen LogP contribution in [-0.2, 0) is 9.59 Å². The first kappa shape index (κ1) is 20.2. The van der Waals surface area contributed by atoms with E-state index in [1.165, 1.54) is 19.3 Å². The van der Waals surface area contributed by atoms with Crippen LogP contribution in [0.3, 0.4) is 0 Å². The number of hydrogen-bond acceptors (Lipinski definition) is 4. The fraction of sp³-hybridized carbons (Fsp3) is 0.583. The van der Waals surface area contributed by atoms with Gasteiger partial charge in [-0.3, -0.25) is 24.1 Å². The Bertz CT molecular complexity index is 886. The van der Waals surface area contributed by atoms with E-state index in [2.05, 4.69) is 10.6 Å². The molecule has 7 nitrogen and oxygen atoms in total. The topological polar surface area (TPSA) is 95.6 Å². The van der Waals surface area contributed by atoms with Crippen LogP contribution in [0.2, 0.25) is 0 Å². The van der Waals surface area contributed by atoms with E-state index in [1.54, 1.807) is 31.2 Å². The number of nitrogens with one attached hydrogen (secondary N) is 2. The number of fused-ring (bicyclic) bond motifs is 1. The van der Waals surface area contributed by atoms with Crippen molar-refractivity contribution in [2.75, 3.05) is 13.1 Å². The lowest BCUT2D eigenvalue weighted by Gasteiger charge is -2.55. The van der Waals surface area contributed by atoms with Gasteiger partial charge in [0, 0.05) is 18.5 Å². The Morgan fingerprint density at radius 3 is 1.94 bits per heavy atom. The van der Waals surface area contributed by atoms with Crippen LogP contribution in [0.15, 0.2) is 24.3 Å². The monoisotopic (exact) mass is 423 g/mol. The Morgan fingerprint density at radius 1 is 0.935 bits per heavy atom. The third-order valence-electron chi connectivity index (χ3n) is 7.82. The van der Waals surface area contributed by atoms with Crippen molar-refractivity contribution in [3.05, 3.63) is 35.4 Å². The first-order valence-electron chi connectivity index (χ1n) is 11.4. The Labute approximate surface area is 181 Å². The van der Waals surface area contributed by atoms with E-state index in [1.807, 2.05) is 0 Å². The normalized spacial score (nSPS) is 31.5. The molecule has 6 rings (SSSR count). The van der Waals surface area contributed by atoms with Gasteiger partial charge in [0.1, 0.15) is 6.04 Å². The van der Waals surface area contributed by atoms with Crippen molar-refractivity contribution in [1.82, 2.24) is 15.5 Å². The molecule has 0 aromatic heterocycles. The number of amides is 4. The predicted octanol–water partition coefficient (Wildman–Crippen LogP) is 2.12. The summed E-state index contributed by atoms with van der Waals surface area (Å²) in [5.74, 6) is 0.955. The van der Waals surface area contributed by atoms with Gasteiger partial charge >= 0.3 is 0 Å². The fourth-order valence-corrected chi connectivity index (χ4v) is 6.76. The third-order valence-corrected chi connectivity index (χ3v) is 7.82. The number of carbonyl (C=O) groups excluding carboxylic acids is 4. The highest BCUT2D eigenvalue weighted by Gasteiger charge is 2.54. The third kappa shape index (κ3) is 3.34. The molecule has 5 aliphatic rings. The summed E-state index contributed by atoms with van der Waals surface area (Å²) in [6, 6.07) is 5.68. The fourth-order valence-electron chi connectivity index (χ4n) is 6.76. The molecule has 1 unspecified atom stereocenters. The molecule has 4 amide bonds. The zero-order chi connectivity index (χ0) is 21.8. The van der Waals surface area contributed by atoms with E-state index in [4.69, 9.17) is 0 Å². The number of carbonyl (C=O) groups is 4. The van der Waals surface area contributed by atoms with Crippen molar-refractivity contribution in [1.29, 1.82) is 0 Å². The summed E-state index contributed by atoms with van der Waals surface area (Å²) in [4.78, 5) is 51.6. The van der Waals surface area contributed by atoms with Crippen molar-refractivity contribution in [2.24, 2.45) is 23.2 Å². The van der Waals surface area contributed by atoms with Gasteiger partial charge in [-0.05, 0) is 75.3 Å². The molecule has 0 radical (unpaired) electrons. The molecule has 2 N–H and O–H groups in total. The molecular weight excluding hydrogens is 394 g/mol. The lowest BCUT2D eigenvalue weighted by atomic mass is 9.49. The quantitative estimate of drug-likeness (QED) is 0.541. The maximum absolute atomic E-state index is 13.0. The molecule has 1 aliphatic heterocycles. The van der Waals surface area contributed by atoms with E-state index in [-0.39, 0.29) is 17.9 Å². The zero-order valence-electron chi connectivity index (χ0n) is 17.9. The number of rotatable bonds is 6. The van der Waals surface area contributed by atoms with Crippen molar-refractivity contribution < 1.29 is 19.2 Å². The van der Waals surface area contributed by atoms with Gasteiger partial charge in [-0.15, -0.1) is 0 Å². The van der Waals surface area contributed by atoms with Gasteiger partial charge in [0.2, 0.25) is 11.8 Å².